The third kappa shape index (κ3) is 2.97. The van der Waals surface area contributed by atoms with Gasteiger partial charge in [-0.3, -0.25) is 4.79 Å². The normalized spacial score (nSPS) is 15.5. The number of nitrogens with zero attached hydrogens (tertiary/aromatic N) is 1. The van der Waals surface area contributed by atoms with Crippen molar-refractivity contribution >= 4 is 5.91 Å². The summed E-state index contributed by atoms with van der Waals surface area (Å²) in [7, 11) is 1.78. The number of aryl methyl sites for hydroxylation is 1. The molecule has 1 heterocycles. The fourth-order valence-corrected chi connectivity index (χ4v) is 1.86. The first-order valence-electron chi connectivity index (χ1n) is 5.84. The van der Waals surface area contributed by atoms with Gasteiger partial charge in [-0.2, -0.15) is 0 Å². The molecule has 0 radical (unpaired) electrons. The lowest BCUT2D eigenvalue weighted by Crippen LogP contribution is -2.57. The number of benzene rings is 1. The highest BCUT2D eigenvalue weighted by atomic mass is 16.5. The second-order valence-corrected chi connectivity index (χ2v) is 4.39. The molecule has 1 aromatic rings. The quantitative estimate of drug-likeness (QED) is 0.838. The molecule has 17 heavy (non-hydrogen) atoms. The Morgan fingerprint density at radius 3 is 2.94 bits per heavy atom. The van der Waals surface area contributed by atoms with E-state index in [1.165, 1.54) is 5.56 Å². The highest BCUT2D eigenvalue weighted by Gasteiger charge is 2.31. The van der Waals surface area contributed by atoms with Gasteiger partial charge in [-0.1, -0.05) is 12.1 Å². The van der Waals surface area contributed by atoms with Gasteiger partial charge >= 0.3 is 0 Å². The molecule has 1 fully saturated rings. The first kappa shape index (κ1) is 11.9. The lowest BCUT2D eigenvalue weighted by Gasteiger charge is -2.39. The van der Waals surface area contributed by atoms with Crippen molar-refractivity contribution < 1.29 is 9.53 Å². The van der Waals surface area contributed by atoms with Crippen molar-refractivity contribution in [1.29, 1.82) is 0 Å². The third-order valence-electron chi connectivity index (χ3n) is 2.82. The molecule has 0 unspecified atom stereocenters. The van der Waals surface area contributed by atoms with E-state index in [0.29, 0.717) is 19.6 Å². The number of rotatable bonds is 4. The fourth-order valence-electron chi connectivity index (χ4n) is 1.86. The van der Waals surface area contributed by atoms with Gasteiger partial charge in [-0.15, -0.1) is 0 Å². The monoisotopic (exact) mass is 234 g/mol. The molecular formula is C13H18N2O2. The molecule has 4 nitrogen and oxygen atoms in total. The van der Waals surface area contributed by atoms with E-state index in [2.05, 4.69) is 5.32 Å². The average Bonchev–Trinajstić information content (AvgIpc) is 2.23. The van der Waals surface area contributed by atoms with E-state index in [9.17, 15) is 4.79 Å². The van der Waals surface area contributed by atoms with Crippen LogP contribution in [-0.4, -0.2) is 43.6 Å². The number of carbonyl (C=O) groups is 1. The smallest absolute Gasteiger partial charge is 0.236 e. The van der Waals surface area contributed by atoms with Crippen molar-refractivity contribution in [3.63, 3.8) is 0 Å². The maximum absolute atomic E-state index is 11.5. The van der Waals surface area contributed by atoms with Gasteiger partial charge in [0.15, 0.2) is 0 Å². The molecule has 92 valence electrons. The lowest BCUT2D eigenvalue weighted by atomic mass is 10.1. The highest BCUT2D eigenvalue weighted by molar-refractivity contribution is 5.79. The Morgan fingerprint density at radius 1 is 1.53 bits per heavy atom. The van der Waals surface area contributed by atoms with Crippen molar-refractivity contribution in [3.05, 3.63) is 29.8 Å². The van der Waals surface area contributed by atoms with E-state index in [1.807, 2.05) is 31.2 Å². The van der Waals surface area contributed by atoms with Crippen molar-refractivity contribution in [1.82, 2.24) is 10.2 Å². The highest BCUT2D eigenvalue weighted by Crippen LogP contribution is 2.18. The number of hydrogen-bond donors (Lipinski definition) is 1. The van der Waals surface area contributed by atoms with E-state index in [-0.39, 0.29) is 12.0 Å². The number of carbonyl (C=O) groups excluding carboxylic acids is 1. The number of likely N-dealkylation sites (N-methyl/N-ethyl adjacent to an activating group) is 1. The van der Waals surface area contributed by atoms with E-state index in [0.717, 1.165) is 5.75 Å². The van der Waals surface area contributed by atoms with Gasteiger partial charge in [0.05, 0.1) is 19.6 Å². The van der Waals surface area contributed by atoms with Gasteiger partial charge in [0, 0.05) is 0 Å². The molecule has 0 aliphatic carbocycles. The molecule has 1 amide bonds. The maximum Gasteiger partial charge on any atom is 0.236 e. The predicted molar refractivity (Wildman–Crippen MR) is 66.1 cm³/mol. The molecule has 1 N–H and O–H groups in total. The van der Waals surface area contributed by atoms with Gasteiger partial charge in [0.1, 0.15) is 11.9 Å². The Labute approximate surface area is 102 Å². The first-order chi connectivity index (χ1) is 8.19. The number of ether oxygens (including phenoxy) is 1. The van der Waals surface area contributed by atoms with Crippen LogP contribution in [-0.2, 0) is 4.79 Å². The molecule has 0 bridgehead atoms. The summed E-state index contributed by atoms with van der Waals surface area (Å²) in [5.41, 5.74) is 1.19. The van der Waals surface area contributed by atoms with Crippen LogP contribution in [0.2, 0.25) is 0 Å². The Kier molecular flexibility index (Phi) is 3.64. The van der Waals surface area contributed by atoms with Crippen molar-refractivity contribution in [3.8, 4) is 5.75 Å². The number of likely N-dealkylation sites (tertiary alicyclic amines) is 1. The van der Waals surface area contributed by atoms with Gasteiger partial charge in [0.2, 0.25) is 5.91 Å². The number of amides is 1. The van der Waals surface area contributed by atoms with Gasteiger partial charge in [-0.25, -0.2) is 0 Å². The minimum absolute atomic E-state index is 0.136. The molecule has 4 heteroatoms. The van der Waals surface area contributed by atoms with Gasteiger partial charge in [0.25, 0.3) is 0 Å². The van der Waals surface area contributed by atoms with Crippen LogP contribution in [0.5, 0.6) is 5.75 Å². The molecule has 1 aromatic carbocycles. The summed E-state index contributed by atoms with van der Waals surface area (Å²) in [4.78, 5) is 13.3. The maximum atomic E-state index is 11.5. The zero-order valence-electron chi connectivity index (χ0n) is 10.3. The predicted octanol–water partition coefficient (Wildman–Crippen LogP) is 0.804. The van der Waals surface area contributed by atoms with Crippen LogP contribution >= 0.6 is 0 Å². The minimum Gasteiger partial charge on any atom is -0.487 e. The van der Waals surface area contributed by atoms with E-state index in [1.54, 1.807) is 11.9 Å². The summed E-state index contributed by atoms with van der Waals surface area (Å²) in [6, 6.07) is 7.98. The summed E-state index contributed by atoms with van der Waals surface area (Å²) >= 11 is 0. The first-order valence-corrected chi connectivity index (χ1v) is 5.84. The summed E-state index contributed by atoms with van der Waals surface area (Å²) in [5.74, 6) is 1.02. The van der Waals surface area contributed by atoms with Crippen molar-refractivity contribution in [2.75, 3.05) is 26.7 Å². The second kappa shape index (κ2) is 5.19. The molecule has 0 spiro atoms. The summed E-state index contributed by atoms with van der Waals surface area (Å²) in [5, 5.41) is 2.86. The fraction of sp³-hybridized carbons (Fsp3) is 0.462. The third-order valence-corrected chi connectivity index (χ3v) is 2.82. The van der Waals surface area contributed by atoms with E-state index in [4.69, 9.17) is 4.74 Å². The van der Waals surface area contributed by atoms with Gasteiger partial charge < -0.3 is 15.0 Å². The van der Waals surface area contributed by atoms with Gasteiger partial charge in [-0.05, 0) is 31.7 Å². The SMILES string of the molecule is CNCC(=O)N1CC(Oc2cccc(C)c2)C1. The average molecular weight is 234 g/mol. The summed E-state index contributed by atoms with van der Waals surface area (Å²) in [6.07, 6.45) is 0.137. The van der Waals surface area contributed by atoms with E-state index >= 15 is 0 Å². The molecule has 0 atom stereocenters. The molecule has 0 saturated carbocycles. The van der Waals surface area contributed by atoms with Crippen LogP contribution in [0.1, 0.15) is 5.56 Å². The molecule has 0 aromatic heterocycles. The Hall–Kier alpha value is -1.55. The van der Waals surface area contributed by atoms with Crippen LogP contribution in [0.25, 0.3) is 0 Å². The Bertz CT molecular complexity index is 400. The van der Waals surface area contributed by atoms with Crippen LogP contribution < -0.4 is 10.1 Å². The molecule has 2 rings (SSSR count). The molecule has 1 saturated heterocycles. The number of nitrogens with one attached hydrogen (secondary N) is 1. The molecule has 1 aliphatic heterocycles. The Morgan fingerprint density at radius 2 is 2.29 bits per heavy atom. The van der Waals surface area contributed by atoms with Crippen LogP contribution in [0.3, 0.4) is 0 Å². The topological polar surface area (TPSA) is 41.6 Å². The minimum atomic E-state index is 0.136. The Balaban J connectivity index is 1.79. The summed E-state index contributed by atoms with van der Waals surface area (Å²) in [6.45, 7) is 3.82. The number of hydrogen-bond acceptors (Lipinski definition) is 3. The largest absolute Gasteiger partial charge is 0.487 e. The lowest BCUT2D eigenvalue weighted by molar-refractivity contribution is -0.138. The van der Waals surface area contributed by atoms with Crippen molar-refractivity contribution in [2.45, 2.75) is 13.0 Å². The van der Waals surface area contributed by atoms with Crippen LogP contribution in [0, 0.1) is 6.92 Å². The zero-order chi connectivity index (χ0) is 12.3. The second-order valence-electron chi connectivity index (χ2n) is 4.39. The van der Waals surface area contributed by atoms with E-state index < -0.39 is 0 Å². The van der Waals surface area contributed by atoms with Crippen molar-refractivity contribution in [2.24, 2.45) is 0 Å². The van der Waals surface area contributed by atoms with Crippen LogP contribution in [0.4, 0.5) is 0 Å². The van der Waals surface area contributed by atoms with Crippen LogP contribution in [0.15, 0.2) is 24.3 Å². The molecule has 1 aliphatic rings. The standard InChI is InChI=1S/C13H18N2O2/c1-10-4-3-5-11(6-10)17-12-8-15(9-12)13(16)7-14-2/h3-6,12,14H,7-9H2,1-2H3. The summed E-state index contributed by atoms with van der Waals surface area (Å²) < 4.78 is 5.78. The zero-order valence-corrected chi connectivity index (χ0v) is 10.3. The molecular weight excluding hydrogens is 216 g/mol.